The van der Waals surface area contributed by atoms with E-state index in [0.717, 1.165) is 5.69 Å². The van der Waals surface area contributed by atoms with Crippen LogP contribution in [0.25, 0.3) is 0 Å². The topological polar surface area (TPSA) is 37.8 Å². The van der Waals surface area contributed by atoms with Gasteiger partial charge >= 0.3 is 0 Å². The lowest BCUT2D eigenvalue weighted by molar-refractivity contribution is 0.163. The van der Waals surface area contributed by atoms with Gasteiger partial charge in [0, 0.05) is 17.7 Å². The predicted molar refractivity (Wildman–Crippen MR) is 55.4 cm³/mol. The number of nitrogens with one attached hydrogen (secondary N) is 1. The van der Waals surface area contributed by atoms with Crippen LogP contribution >= 0.6 is 0 Å². The second-order valence-corrected chi connectivity index (χ2v) is 3.68. The van der Waals surface area contributed by atoms with E-state index in [0.29, 0.717) is 11.6 Å². The van der Waals surface area contributed by atoms with Crippen molar-refractivity contribution in [3.63, 3.8) is 0 Å². The molecule has 0 atom stereocenters. The normalized spacial score (nSPS) is 11.1. The maximum Gasteiger partial charge on any atom is 0.255 e. The molecule has 0 spiro atoms. The summed E-state index contributed by atoms with van der Waals surface area (Å²) >= 11 is 0. The van der Waals surface area contributed by atoms with Crippen molar-refractivity contribution in [2.24, 2.45) is 0 Å². The van der Waals surface area contributed by atoms with Crippen LogP contribution in [0.3, 0.4) is 0 Å². The summed E-state index contributed by atoms with van der Waals surface area (Å²) in [4.78, 5) is 8.37. The molecule has 0 unspecified atom stereocenters. The first-order valence-corrected chi connectivity index (χ1v) is 4.86. The Balaban J connectivity index is 2.79. The summed E-state index contributed by atoms with van der Waals surface area (Å²) in [5, 5.41) is 2.58. The van der Waals surface area contributed by atoms with E-state index < -0.39 is 6.43 Å². The number of hydrogen-bond acceptors (Lipinski definition) is 3. The Morgan fingerprint density at radius 1 is 1.33 bits per heavy atom. The van der Waals surface area contributed by atoms with E-state index in [1.807, 2.05) is 20.8 Å². The Labute approximate surface area is 87.9 Å². The molecule has 1 aromatic rings. The fourth-order valence-corrected chi connectivity index (χ4v) is 1.12. The largest absolute Gasteiger partial charge is 0.364 e. The third kappa shape index (κ3) is 3.77. The molecule has 3 nitrogen and oxygen atoms in total. The summed E-state index contributed by atoms with van der Waals surface area (Å²) in [6.45, 7) is 5.37. The van der Waals surface area contributed by atoms with Crippen LogP contribution in [0.2, 0.25) is 0 Å². The molecule has 0 aliphatic heterocycles. The zero-order valence-electron chi connectivity index (χ0n) is 9.09. The summed E-state index contributed by atoms with van der Waals surface area (Å²) < 4.78 is 23.9. The smallest absolute Gasteiger partial charge is 0.255 e. The molecule has 84 valence electrons. The van der Waals surface area contributed by atoms with Crippen molar-refractivity contribution >= 4 is 5.82 Å². The van der Waals surface area contributed by atoms with Crippen LogP contribution in [0.15, 0.2) is 6.07 Å². The number of nitrogens with zero attached hydrogens (tertiary/aromatic N) is 2. The molecule has 15 heavy (non-hydrogen) atoms. The van der Waals surface area contributed by atoms with E-state index >= 15 is 0 Å². The minimum absolute atomic E-state index is 0.192. The van der Waals surface area contributed by atoms with E-state index in [9.17, 15) is 8.78 Å². The van der Waals surface area contributed by atoms with Crippen LogP contribution in [0.4, 0.5) is 14.6 Å². The molecule has 0 radical (unpaired) electrons. The Kier molecular flexibility index (Phi) is 3.94. The molecule has 0 saturated heterocycles. The number of alkyl halides is 2. The van der Waals surface area contributed by atoms with Crippen molar-refractivity contribution in [3.05, 3.63) is 17.6 Å². The van der Waals surface area contributed by atoms with Gasteiger partial charge in [-0.25, -0.2) is 18.7 Å². The molecule has 1 heterocycles. The van der Waals surface area contributed by atoms with Crippen molar-refractivity contribution in [2.75, 3.05) is 11.9 Å². The molecular formula is C10H15F2N3. The third-order valence-corrected chi connectivity index (χ3v) is 1.83. The van der Waals surface area contributed by atoms with E-state index in [-0.39, 0.29) is 12.5 Å². The highest BCUT2D eigenvalue weighted by Crippen LogP contribution is 2.13. The van der Waals surface area contributed by atoms with E-state index in [1.54, 1.807) is 6.07 Å². The van der Waals surface area contributed by atoms with E-state index in [1.165, 1.54) is 0 Å². The minimum atomic E-state index is -2.37. The van der Waals surface area contributed by atoms with Gasteiger partial charge in [0.2, 0.25) is 0 Å². The molecule has 0 amide bonds. The molecule has 0 fully saturated rings. The summed E-state index contributed by atoms with van der Waals surface area (Å²) in [7, 11) is 0. The highest BCUT2D eigenvalue weighted by atomic mass is 19.3. The van der Waals surface area contributed by atoms with Crippen molar-refractivity contribution in [3.8, 4) is 0 Å². The van der Waals surface area contributed by atoms with Gasteiger partial charge in [0.05, 0.1) is 6.54 Å². The molecule has 0 aliphatic rings. The van der Waals surface area contributed by atoms with E-state index in [4.69, 9.17) is 0 Å². The standard InChI is InChI=1S/C10H15F2N3/c1-6(2)10-14-7(3)4-9(15-10)13-5-8(11)12/h4,6,8H,5H2,1-3H3,(H,13,14,15). The van der Waals surface area contributed by atoms with Crippen LogP contribution < -0.4 is 5.32 Å². The summed E-state index contributed by atoms with van der Waals surface area (Å²) in [6, 6.07) is 1.66. The molecule has 1 aromatic heterocycles. The molecule has 1 N–H and O–H groups in total. The van der Waals surface area contributed by atoms with Gasteiger partial charge in [-0.05, 0) is 6.92 Å². The number of hydrogen-bond donors (Lipinski definition) is 1. The van der Waals surface area contributed by atoms with Crippen LogP contribution in [0, 0.1) is 6.92 Å². The average Bonchev–Trinajstić information content (AvgIpc) is 2.13. The average molecular weight is 215 g/mol. The van der Waals surface area contributed by atoms with Gasteiger partial charge in [-0.3, -0.25) is 0 Å². The molecule has 0 aromatic carbocycles. The van der Waals surface area contributed by atoms with Gasteiger partial charge in [0.15, 0.2) is 0 Å². The van der Waals surface area contributed by atoms with Crippen molar-refractivity contribution in [1.82, 2.24) is 9.97 Å². The van der Waals surface area contributed by atoms with Crippen molar-refractivity contribution in [2.45, 2.75) is 33.1 Å². The highest BCUT2D eigenvalue weighted by Gasteiger charge is 2.07. The van der Waals surface area contributed by atoms with Gasteiger partial charge in [-0.1, -0.05) is 13.8 Å². The first-order chi connectivity index (χ1) is 6.99. The van der Waals surface area contributed by atoms with Crippen LogP contribution in [-0.2, 0) is 0 Å². The number of aromatic nitrogens is 2. The van der Waals surface area contributed by atoms with Gasteiger partial charge in [0.1, 0.15) is 11.6 Å². The predicted octanol–water partition coefficient (Wildman–Crippen LogP) is 2.59. The van der Waals surface area contributed by atoms with Gasteiger partial charge in [-0.2, -0.15) is 0 Å². The lowest BCUT2D eigenvalue weighted by Crippen LogP contribution is -2.13. The lowest BCUT2D eigenvalue weighted by atomic mass is 10.2. The molecular weight excluding hydrogens is 200 g/mol. The second-order valence-electron chi connectivity index (χ2n) is 3.68. The maximum atomic E-state index is 12.0. The monoisotopic (exact) mass is 215 g/mol. The number of rotatable bonds is 4. The quantitative estimate of drug-likeness (QED) is 0.838. The molecule has 0 saturated carbocycles. The first kappa shape index (κ1) is 11.8. The first-order valence-electron chi connectivity index (χ1n) is 4.86. The molecule has 0 aliphatic carbocycles. The number of aryl methyl sites for hydroxylation is 1. The number of anilines is 1. The molecule has 5 heteroatoms. The highest BCUT2D eigenvalue weighted by molar-refractivity contribution is 5.36. The Morgan fingerprint density at radius 3 is 2.53 bits per heavy atom. The Bertz CT molecular complexity index is 326. The summed E-state index contributed by atoms with van der Waals surface area (Å²) in [6.07, 6.45) is -2.37. The van der Waals surface area contributed by atoms with Crippen molar-refractivity contribution in [1.29, 1.82) is 0 Å². The number of halogens is 2. The second kappa shape index (κ2) is 5.00. The molecule has 1 rings (SSSR count). The van der Waals surface area contributed by atoms with Gasteiger partial charge < -0.3 is 5.32 Å². The van der Waals surface area contributed by atoms with Gasteiger partial charge in [0.25, 0.3) is 6.43 Å². The maximum absolute atomic E-state index is 12.0. The Morgan fingerprint density at radius 2 is 2.00 bits per heavy atom. The Hall–Kier alpha value is -1.26. The zero-order chi connectivity index (χ0) is 11.4. The minimum Gasteiger partial charge on any atom is -0.364 e. The zero-order valence-corrected chi connectivity index (χ0v) is 9.09. The van der Waals surface area contributed by atoms with Crippen molar-refractivity contribution < 1.29 is 8.78 Å². The van der Waals surface area contributed by atoms with Gasteiger partial charge in [-0.15, -0.1) is 0 Å². The summed E-state index contributed by atoms with van der Waals surface area (Å²) in [5.74, 6) is 1.33. The van der Waals surface area contributed by atoms with Crippen LogP contribution in [0.1, 0.15) is 31.3 Å². The van der Waals surface area contributed by atoms with E-state index in [2.05, 4.69) is 15.3 Å². The SMILES string of the molecule is Cc1cc(NCC(F)F)nc(C(C)C)n1. The van der Waals surface area contributed by atoms with Crippen LogP contribution in [0.5, 0.6) is 0 Å². The lowest BCUT2D eigenvalue weighted by Gasteiger charge is -2.09. The molecule has 0 bridgehead atoms. The fourth-order valence-electron chi connectivity index (χ4n) is 1.12. The fraction of sp³-hybridized carbons (Fsp3) is 0.600. The summed E-state index contributed by atoms with van der Waals surface area (Å²) in [5.41, 5.74) is 0.783. The third-order valence-electron chi connectivity index (χ3n) is 1.83. The van der Waals surface area contributed by atoms with Crippen LogP contribution in [-0.4, -0.2) is 22.9 Å².